The van der Waals surface area contributed by atoms with Gasteiger partial charge in [-0.2, -0.15) is 5.10 Å². The first kappa shape index (κ1) is 12.1. The van der Waals surface area contributed by atoms with Crippen LogP contribution in [0.1, 0.15) is 5.82 Å². The van der Waals surface area contributed by atoms with Gasteiger partial charge in [0, 0.05) is 19.5 Å². The largest absolute Gasteiger partial charge is 0.319 e. The molecule has 1 aromatic heterocycles. The Kier molecular flexibility index (Phi) is 4.66. The molecule has 0 saturated carbocycles. The van der Waals surface area contributed by atoms with Crippen LogP contribution in [0.5, 0.6) is 0 Å². The van der Waals surface area contributed by atoms with Gasteiger partial charge in [-0.1, -0.05) is 0 Å². The van der Waals surface area contributed by atoms with E-state index < -0.39 is 10.0 Å². The van der Waals surface area contributed by atoms with E-state index in [2.05, 4.69) is 25.2 Å². The summed E-state index contributed by atoms with van der Waals surface area (Å²) in [6.45, 7) is 0.777. The predicted octanol–water partition coefficient (Wildman–Crippen LogP) is -1.51. The maximum Gasteiger partial charge on any atom is 0.212 e. The van der Waals surface area contributed by atoms with Gasteiger partial charge >= 0.3 is 0 Å². The highest BCUT2D eigenvalue weighted by molar-refractivity contribution is 7.89. The Morgan fingerprint density at radius 1 is 1.47 bits per heavy atom. The molecule has 0 radical (unpaired) electrons. The number of aromatic nitrogens is 3. The van der Waals surface area contributed by atoms with E-state index in [9.17, 15) is 8.42 Å². The van der Waals surface area contributed by atoms with Crippen LogP contribution < -0.4 is 10.0 Å². The summed E-state index contributed by atoms with van der Waals surface area (Å²) in [4.78, 5) is 3.88. The van der Waals surface area contributed by atoms with Gasteiger partial charge in [-0.3, -0.25) is 5.10 Å². The predicted molar refractivity (Wildman–Crippen MR) is 55.8 cm³/mol. The number of hydrogen-bond acceptors (Lipinski definition) is 5. The Morgan fingerprint density at radius 2 is 2.27 bits per heavy atom. The normalized spacial score (nSPS) is 11.8. The van der Waals surface area contributed by atoms with Crippen LogP contribution in [0.4, 0.5) is 0 Å². The van der Waals surface area contributed by atoms with Crippen molar-refractivity contribution in [2.45, 2.75) is 6.42 Å². The van der Waals surface area contributed by atoms with Crippen LogP contribution in [0.3, 0.4) is 0 Å². The smallest absolute Gasteiger partial charge is 0.212 e. The zero-order valence-electron chi connectivity index (χ0n) is 8.52. The first-order chi connectivity index (χ1) is 7.14. The van der Waals surface area contributed by atoms with Crippen molar-refractivity contribution in [3.8, 4) is 0 Å². The highest BCUT2D eigenvalue weighted by atomic mass is 32.2. The van der Waals surface area contributed by atoms with E-state index in [1.54, 1.807) is 7.05 Å². The van der Waals surface area contributed by atoms with Crippen molar-refractivity contribution in [2.75, 3.05) is 25.9 Å². The molecule has 0 saturated heterocycles. The minimum Gasteiger partial charge on any atom is -0.319 e. The van der Waals surface area contributed by atoms with Gasteiger partial charge in [-0.05, 0) is 7.05 Å². The molecule has 0 fully saturated rings. The Bertz CT molecular complexity index is 361. The summed E-state index contributed by atoms with van der Waals surface area (Å²) >= 11 is 0. The zero-order valence-corrected chi connectivity index (χ0v) is 9.34. The summed E-state index contributed by atoms with van der Waals surface area (Å²) in [5.74, 6) is 0.756. The second-order valence-corrected chi connectivity index (χ2v) is 4.93. The number of nitrogens with one attached hydrogen (secondary N) is 3. The molecular formula is C7H15N5O2S. The van der Waals surface area contributed by atoms with Crippen molar-refractivity contribution in [3.63, 3.8) is 0 Å². The molecule has 0 atom stereocenters. The van der Waals surface area contributed by atoms with E-state index in [4.69, 9.17) is 0 Å². The second-order valence-electron chi connectivity index (χ2n) is 3.00. The minimum absolute atomic E-state index is 0.0832. The fourth-order valence-electron chi connectivity index (χ4n) is 0.985. The van der Waals surface area contributed by atoms with Crippen molar-refractivity contribution >= 4 is 10.0 Å². The summed E-state index contributed by atoms with van der Waals surface area (Å²) in [5.41, 5.74) is 0. The molecule has 7 nitrogen and oxygen atoms in total. The molecule has 0 bridgehead atoms. The number of H-pyrrole nitrogens is 1. The van der Waals surface area contributed by atoms with Gasteiger partial charge in [-0.15, -0.1) is 0 Å². The lowest BCUT2D eigenvalue weighted by atomic mass is 10.4. The summed E-state index contributed by atoms with van der Waals surface area (Å²) in [5, 5.41) is 9.10. The van der Waals surface area contributed by atoms with Crippen molar-refractivity contribution in [3.05, 3.63) is 12.2 Å². The molecule has 0 aromatic carbocycles. The van der Waals surface area contributed by atoms with Crippen molar-refractivity contribution < 1.29 is 8.42 Å². The second kappa shape index (κ2) is 5.79. The Hall–Kier alpha value is -0.990. The quantitative estimate of drug-likeness (QED) is 0.531. The molecule has 0 aliphatic heterocycles. The third-order valence-electron chi connectivity index (χ3n) is 1.77. The molecule has 0 aliphatic carbocycles. The molecule has 0 aliphatic rings. The van der Waals surface area contributed by atoms with Gasteiger partial charge in [0.1, 0.15) is 12.2 Å². The van der Waals surface area contributed by atoms with Crippen LogP contribution >= 0.6 is 0 Å². The van der Waals surface area contributed by atoms with Gasteiger partial charge in [-0.25, -0.2) is 18.1 Å². The number of hydrogen-bond donors (Lipinski definition) is 3. The number of sulfonamides is 1. The lowest BCUT2D eigenvalue weighted by Crippen LogP contribution is -2.32. The molecule has 0 unspecified atom stereocenters. The number of nitrogens with zero attached hydrogens (tertiary/aromatic N) is 2. The molecule has 0 amide bonds. The Morgan fingerprint density at radius 3 is 2.87 bits per heavy atom. The van der Waals surface area contributed by atoms with Crippen molar-refractivity contribution in [1.82, 2.24) is 25.2 Å². The third-order valence-corrected chi connectivity index (χ3v) is 3.16. The summed E-state index contributed by atoms with van der Waals surface area (Å²) in [7, 11) is -1.46. The van der Waals surface area contributed by atoms with Gasteiger partial charge < -0.3 is 5.32 Å². The topological polar surface area (TPSA) is 99.8 Å². The van der Waals surface area contributed by atoms with Crippen LogP contribution in [0.25, 0.3) is 0 Å². The highest BCUT2D eigenvalue weighted by Crippen LogP contribution is 1.88. The third kappa shape index (κ3) is 4.86. The molecule has 15 heavy (non-hydrogen) atoms. The fraction of sp³-hybridized carbons (Fsp3) is 0.714. The van der Waals surface area contributed by atoms with E-state index in [-0.39, 0.29) is 5.75 Å². The highest BCUT2D eigenvalue weighted by Gasteiger charge is 2.08. The first-order valence-corrected chi connectivity index (χ1v) is 6.25. The molecule has 0 spiro atoms. The lowest BCUT2D eigenvalue weighted by Gasteiger charge is -2.04. The van der Waals surface area contributed by atoms with Crippen LogP contribution in [-0.4, -0.2) is 49.5 Å². The molecule has 1 rings (SSSR count). The van der Waals surface area contributed by atoms with Gasteiger partial charge in [0.25, 0.3) is 0 Å². The monoisotopic (exact) mass is 233 g/mol. The average Bonchev–Trinajstić information content (AvgIpc) is 2.67. The van der Waals surface area contributed by atoms with Gasteiger partial charge in [0.15, 0.2) is 0 Å². The zero-order chi connectivity index (χ0) is 11.1. The van der Waals surface area contributed by atoms with Crippen LogP contribution in [0.15, 0.2) is 6.33 Å². The minimum atomic E-state index is -3.17. The van der Waals surface area contributed by atoms with Gasteiger partial charge in [0.05, 0.1) is 5.75 Å². The first-order valence-electron chi connectivity index (χ1n) is 4.60. The van der Waals surface area contributed by atoms with Crippen LogP contribution in [0.2, 0.25) is 0 Å². The average molecular weight is 233 g/mol. The van der Waals surface area contributed by atoms with E-state index in [0.29, 0.717) is 25.3 Å². The maximum atomic E-state index is 11.3. The number of aromatic amines is 1. The van der Waals surface area contributed by atoms with Crippen molar-refractivity contribution in [2.24, 2.45) is 0 Å². The van der Waals surface area contributed by atoms with Gasteiger partial charge in [0.2, 0.25) is 10.0 Å². The lowest BCUT2D eigenvalue weighted by molar-refractivity contribution is 0.578. The number of rotatable bonds is 7. The fourth-order valence-corrected chi connectivity index (χ4v) is 2.02. The molecule has 1 aromatic rings. The Balaban J connectivity index is 2.24. The van der Waals surface area contributed by atoms with Crippen LogP contribution in [-0.2, 0) is 16.4 Å². The van der Waals surface area contributed by atoms with E-state index in [0.717, 1.165) is 0 Å². The van der Waals surface area contributed by atoms with E-state index >= 15 is 0 Å². The summed E-state index contributed by atoms with van der Waals surface area (Å²) in [6.07, 6.45) is 1.91. The maximum absolute atomic E-state index is 11.3. The van der Waals surface area contributed by atoms with E-state index in [1.807, 2.05) is 0 Å². The van der Waals surface area contributed by atoms with E-state index in [1.165, 1.54) is 6.33 Å². The SMILES string of the molecule is CNCCS(=O)(=O)NCCc1ncn[nH]1. The Labute approximate surface area is 88.7 Å². The molecule has 8 heteroatoms. The molecule has 86 valence electrons. The standard InChI is InChI=1S/C7H15N5O2S/c1-8-4-5-15(13,14)11-3-2-7-9-6-10-12-7/h6,8,11H,2-5H2,1H3,(H,9,10,12). The summed E-state index contributed by atoms with van der Waals surface area (Å²) in [6, 6.07) is 0. The van der Waals surface area contributed by atoms with Crippen LogP contribution in [0, 0.1) is 0 Å². The molecule has 1 heterocycles. The molecular weight excluding hydrogens is 218 g/mol. The van der Waals surface area contributed by atoms with Crippen molar-refractivity contribution in [1.29, 1.82) is 0 Å². The molecule has 3 N–H and O–H groups in total. The summed E-state index contributed by atoms with van der Waals surface area (Å²) < 4.78 is 25.1.